The van der Waals surface area contributed by atoms with Crippen molar-refractivity contribution in [1.82, 2.24) is 14.2 Å². The predicted molar refractivity (Wildman–Crippen MR) is 135 cm³/mol. The van der Waals surface area contributed by atoms with Crippen molar-refractivity contribution in [2.45, 2.75) is 6.54 Å². The summed E-state index contributed by atoms with van der Waals surface area (Å²) >= 11 is 7.11. The Morgan fingerprint density at radius 1 is 0.938 bits per heavy atom. The van der Waals surface area contributed by atoms with Crippen molar-refractivity contribution in [3.63, 3.8) is 0 Å². The minimum Gasteiger partial charge on any atom is -0.342 e. The van der Waals surface area contributed by atoms with Gasteiger partial charge in [0.15, 0.2) is 0 Å². The number of rotatable bonds is 4. The van der Waals surface area contributed by atoms with Gasteiger partial charge in [0.2, 0.25) is 0 Å². The van der Waals surface area contributed by atoms with Gasteiger partial charge in [-0.05, 0) is 35.9 Å². The van der Waals surface area contributed by atoms with Gasteiger partial charge in [-0.2, -0.15) is 5.10 Å². The summed E-state index contributed by atoms with van der Waals surface area (Å²) in [7, 11) is 0. The Labute approximate surface area is 199 Å². The minimum absolute atomic E-state index is 0.409. The highest BCUT2D eigenvalue weighted by molar-refractivity contribution is 9.11. The van der Waals surface area contributed by atoms with E-state index >= 15 is 0 Å². The van der Waals surface area contributed by atoms with Crippen molar-refractivity contribution in [3.05, 3.63) is 114 Å². The van der Waals surface area contributed by atoms with E-state index in [1.54, 1.807) is 30.5 Å². The second-order valence-corrected chi connectivity index (χ2v) is 9.07. The van der Waals surface area contributed by atoms with Crippen LogP contribution in [0.15, 0.2) is 96.6 Å². The Hall–Kier alpha value is -3.23. The number of fused-ring (bicyclic) bond motifs is 2. The summed E-state index contributed by atoms with van der Waals surface area (Å²) in [5.41, 5.74) is 2.43. The van der Waals surface area contributed by atoms with E-state index in [4.69, 9.17) is 0 Å². The summed E-state index contributed by atoms with van der Waals surface area (Å²) in [6.45, 7) is 0.652. The number of halogens is 2. The number of aromatic nitrogens is 3. The Bertz CT molecular complexity index is 1630. The van der Waals surface area contributed by atoms with Crippen molar-refractivity contribution in [3.8, 4) is 0 Å². The normalized spacial score (nSPS) is 11.7. The average Bonchev–Trinajstić information content (AvgIpc) is 3.13. The summed E-state index contributed by atoms with van der Waals surface area (Å²) < 4.78 is 5.00. The molecule has 8 heteroatoms. The lowest BCUT2D eigenvalue weighted by molar-refractivity contribution is 0.771. The maximum Gasteiger partial charge on any atom is 0.349 e. The monoisotopic (exact) mass is 550 g/mol. The zero-order valence-electron chi connectivity index (χ0n) is 16.6. The van der Waals surface area contributed by atoms with Gasteiger partial charge in [0, 0.05) is 38.2 Å². The third kappa shape index (κ3) is 3.76. The number of nitrogens with zero attached hydrogens (tertiary/aromatic N) is 3. The highest BCUT2D eigenvalue weighted by Gasteiger charge is 2.10. The first-order valence-corrected chi connectivity index (χ1v) is 11.4. The third-order valence-electron chi connectivity index (χ3n) is 5.27. The summed E-state index contributed by atoms with van der Waals surface area (Å²) in [6.07, 6.45) is 3.53. The van der Waals surface area contributed by atoms with E-state index in [1.807, 2.05) is 42.6 Å². The molecule has 32 heavy (non-hydrogen) atoms. The molecule has 0 fully saturated rings. The summed E-state index contributed by atoms with van der Waals surface area (Å²) in [5.74, 6) is 0. The van der Waals surface area contributed by atoms with Crippen molar-refractivity contribution >= 4 is 59.9 Å². The number of nitrogens with one attached hydrogen (secondary N) is 1. The van der Waals surface area contributed by atoms with Crippen LogP contribution < -0.4 is 11.2 Å². The Kier molecular flexibility index (Phi) is 5.40. The first-order valence-electron chi connectivity index (χ1n) is 9.81. The topological polar surface area (TPSA) is 72.2 Å². The van der Waals surface area contributed by atoms with Gasteiger partial charge in [-0.25, -0.2) is 4.79 Å². The highest BCUT2D eigenvalue weighted by Crippen LogP contribution is 2.26. The molecule has 0 bridgehead atoms. The van der Waals surface area contributed by atoms with E-state index in [1.165, 1.54) is 0 Å². The van der Waals surface area contributed by atoms with Crippen LogP contribution in [-0.4, -0.2) is 20.4 Å². The fourth-order valence-electron chi connectivity index (χ4n) is 3.72. The second kappa shape index (κ2) is 8.37. The number of hydrogen-bond donors (Lipinski definition) is 1. The van der Waals surface area contributed by atoms with E-state index in [2.05, 4.69) is 52.6 Å². The van der Waals surface area contributed by atoms with Crippen molar-refractivity contribution in [2.24, 2.45) is 5.10 Å². The molecule has 2 heterocycles. The molecule has 0 spiro atoms. The summed E-state index contributed by atoms with van der Waals surface area (Å²) in [5, 5.41) is 5.62. The number of H-pyrrole nitrogens is 1. The van der Waals surface area contributed by atoms with Gasteiger partial charge in [-0.15, -0.1) is 4.68 Å². The highest BCUT2D eigenvalue weighted by atomic mass is 79.9. The van der Waals surface area contributed by atoms with E-state index in [0.717, 1.165) is 35.7 Å². The molecule has 0 saturated carbocycles. The Balaban J connectivity index is 1.59. The van der Waals surface area contributed by atoms with Gasteiger partial charge in [0.25, 0.3) is 5.56 Å². The smallest absolute Gasteiger partial charge is 0.342 e. The zero-order chi connectivity index (χ0) is 22.2. The Morgan fingerprint density at radius 2 is 1.69 bits per heavy atom. The third-order valence-corrected chi connectivity index (χ3v) is 6.50. The maximum atomic E-state index is 12.8. The van der Waals surface area contributed by atoms with Crippen LogP contribution in [0.5, 0.6) is 0 Å². The second-order valence-electron chi connectivity index (χ2n) is 7.30. The standard InChI is InChI=1S/C24H16Br2N4O2/c25-17-10-9-15(20(26)11-17)13-29-14-16(18-5-2-4-8-22(18)29)12-27-30-23(31)19-6-1-3-7-21(19)28-24(30)32/h1-12,14H,13H2,(H,28,32). The molecule has 0 aliphatic rings. The molecule has 0 amide bonds. The molecule has 0 saturated heterocycles. The summed E-state index contributed by atoms with van der Waals surface area (Å²) in [6, 6.07) is 20.9. The van der Waals surface area contributed by atoms with E-state index < -0.39 is 11.2 Å². The van der Waals surface area contributed by atoms with Crippen molar-refractivity contribution < 1.29 is 0 Å². The molecule has 0 unspecified atom stereocenters. The fourth-order valence-corrected chi connectivity index (χ4v) is 4.89. The van der Waals surface area contributed by atoms with Gasteiger partial charge in [-0.1, -0.05) is 68.3 Å². The Morgan fingerprint density at radius 3 is 2.50 bits per heavy atom. The van der Waals surface area contributed by atoms with Crippen LogP contribution in [0.1, 0.15) is 11.1 Å². The number of aromatic amines is 1. The quantitative estimate of drug-likeness (QED) is 0.316. The molecule has 5 aromatic rings. The molecule has 158 valence electrons. The van der Waals surface area contributed by atoms with Crippen molar-refractivity contribution in [1.29, 1.82) is 0 Å². The van der Waals surface area contributed by atoms with Gasteiger partial charge in [0.05, 0.1) is 17.1 Å². The van der Waals surface area contributed by atoms with Gasteiger partial charge in [-0.3, -0.25) is 4.79 Å². The van der Waals surface area contributed by atoms with Gasteiger partial charge < -0.3 is 9.55 Å². The van der Waals surface area contributed by atoms with Crippen LogP contribution >= 0.6 is 31.9 Å². The van der Waals surface area contributed by atoms with Crippen LogP contribution in [0.2, 0.25) is 0 Å². The van der Waals surface area contributed by atoms with Crippen LogP contribution in [0.4, 0.5) is 0 Å². The van der Waals surface area contributed by atoms with Crippen LogP contribution in [0.3, 0.4) is 0 Å². The molecular weight excluding hydrogens is 536 g/mol. The lowest BCUT2D eigenvalue weighted by Crippen LogP contribution is -2.32. The molecule has 3 aromatic carbocycles. The number of para-hydroxylation sites is 2. The first kappa shape index (κ1) is 20.7. The van der Waals surface area contributed by atoms with Crippen molar-refractivity contribution in [2.75, 3.05) is 0 Å². The largest absolute Gasteiger partial charge is 0.349 e. The molecule has 1 N–H and O–H groups in total. The minimum atomic E-state index is -0.576. The average molecular weight is 552 g/mol. The molecule has 0 aliphatic heterocycles. The van der Waals surface area contributed by atoms with Gasteiger partial charge in [0.1, 0.15) is 0 Å². The molecule has 0 atom stereocenters. The fraction of sp³-hybridized carbons (Fsp3) is 0.0417. The maximum absolute atomic E-state index is 12.8. The number of hydrogen-bond acceptors (Lipinski definition) is 3. The molecule has 5 rings (SSSR count). The van der Waals surface area contributed by atoms with Crippen LogP contribution in [0.25, 0.3) is 21.8 Å². The van der Waals surface area contributed by atoms with Crippen LogP contribution in [-0.2, 0) is 6.54 Å². The lowest BCUT2D eigenvalue weighted by atomic mass is 10.2. The predicted octanol–water partition coefficient (Wildman–Crippen LogP) is 5.10. The zero-order valence-corrected chi connectivity index (χ0v) is 19.8. The molecule has 0 radical (unpaired) electrons. The lowest BCUT2D eigenvalue weighted by Gasteiger charge is -2.08. The van der Waals surface area contributed by atoms with Crippen LogP contribution in [0, 0.1) is 0 Å². The molecule has 2 aromatic heterocycles. The van der Waals surface area contributed by atoms with E-state index in [9.17, 15) is 9.59 Å². The molecular formula is C24H16Br2N4O2. The first-order chi connectivity index (χ1) is 15.5. The van der Waals surface area contributed by atoms with Gasteiger partial charge >= 0.3 is 5.69 Å². The molecule has 6 nitrogen and oxygen atoms in total. The van der Waals surface area contributed by atoms with E-state index in [-0.39, 0.29) is 0 Å². The SMILES string of the molecule is O=c1[nH]c2ccccc2c(=O)n1N=Cc1cn(Cc2ccc(Br)cc2Br)c2ccccc12. The molecule has 0 aliphatic carbocycles. The summed E-state index contributed by atoms with van der Waals surface area (Å²) in [4.78, 5) is 27.9. The van der Waals surface area contributed by atoms with E-state index in [0.29, 0.717) is 17.4 Å². The number of benzene rings is 3.